The van der Waals surface area contributed by atoms with E-state index in [1.165, 1.54) is 0 Å². The summed E-state index contributed by atoms with van der Waals surface area (Å²) in [5.74, 6) is -1.74. The molecule has 3 heterocycles. The molecule has 4 N–H and O–H groups in total. The molecule has 4 rings (SSSR count). The molecule has 1 aromatic rings. The van der Waals surface area contributed by atoms with Gasteiger partial charge in [0.15, 0.2) is 0 Å². The molecule has 3 aliphatic heterocycles. The van der Waals surface area contributed by atoms with E-state index in [0.717, 1.165) is 10.5 Å². The van der Waals surface area contributed by atoms with Crippen molar-refractivity contribution in [3.63, 3.8) is 0 Å². The van der Waals surface area contributed by atoms with Crippen LogP contribution in [-0.4, -0.2) is 60.4 Å². The number of imide groups is 2. The molecule has 9 nitrogen and oxygen atoms in total. The number of carbonyl (C=O) groups excluding carboxylic acids is 4. The summed E-state index contributed by atoms with van der Waals surface area (Å²) < 4.78 is 5.34. The van der Waals surface area contributed by atoms with E-state index >= 15 is 0 Å². The standard InChI is InChI=1S/C19H22N4O5/c20-14-9-28-8-11(14)7-21-6-10-1-2-12-13(5-10)19(27)23(18(12)26)15-3-4-16(24)22-17(15)25/h1-2,5,11,14-15,21H,3-4,6-9,20H2,(H,22,24,25)/t11-,14+,15?/m0/s1. The Morgan fingerprint density at radius 1 is 1.14 bits per heavy atom. The number of hydrogen-bond donors (Lipinski definition) is 3. The third-order valence-electron chi connectivity index (χ3n) is 5.49. The van der Waals surface area contributed by atoms with Crippen LogP contribution in [0.25, 0.3) is 0 Å². The van der Waals surface area contributed by atoms with E-state index in [1.807, 2.05) is 0 Å². The molecule has 4 amide bonds. The molecule has 0 saturated carbocycles. The van der Waals surface area contributed by atoms with Crippen molar-refractivity contribution in [2.75, 3.05) is 19.8 Å². The number of fused-ring (bicyclic) bond motifs is 1. The van der Waals surface area contributed by atoms with Gasteiger partial charge in [-0.25, -0.2) is 0 Å². The molecule has 28 heavy (non-hydrogen) atoms. The first kappa shape index (κ1) is 18.7. The molecule has 9 heteroatoms. The monoisotopic (exact) mass is 386 g/mol. The van der Waals surface area contributed by atoms with Gasteiger partial charge in [-0.05, 0) is 24.1 Å². The number of rotatable bonds is 5. The number of amides is 4. The summed E-state index contributed by atoms with van der Waals surface area (Å²) in [6.07, 6.45) is 0.250. The Balaban J connectivity index is 1.45. The van der Waals surface area contributed by atoms with Gasteiger partial charge in [0, 0.05) is 31.5 Å². The Labute approximate surface area is 161 Å². The van der Waals surface area contributed by atoms with E-state index in [4.69, 9.17) is 10.5 Å². The van der Waals surface area contributed by atoms with Gasteiger partial charge in [-0.1, -0.05) is 6.07 Å². The first-order valence-corrected chi connectivity index (χ1v) is 9.34. The zero-order valence-corrected chi connectivity index (χ0v) is 15.3. The highest BCUT2D eigenvalue weighted by Gasteiger charge is 2.44. The minimum absolute atomic E-state index is 0.0220. The Bertz CT molecular complexity index is 855. The number of hydrogen-bond acceptors (Lipinski definition) is 7. The molecule has 148 valence electrons. The van der Waals surface area contributed by atoms with E-state index in [-0.39, 0.29) is 35.9 Å². The Morgan fingerprint density at radius 2 is 1.93 bits per heavy atom. The van der Waals surface area contributed by atoms with Crippen LogP contribution in [0.4, 0.5) is 0 Å². The Kier molecular flexibility index (Phi) is 4.96. The fourth-order valence-electron chi connectivity index (χ4n) is 3.86. The van der Waals surface area contributed by atoms with Gasteiger partial charge in [0.25, 0.3) is 11.8 Å². The molecule has 0 bridgehead atoms. The molecule has 1 aromatic carbocycles. The molecular weight excluding hydrogens is 364 g/mol. The lowest BCUT2D eigenvalue weighted by atomic mass is 10.0. The predicted octanol–water partition coefficient (Wildman–Crippen LogP) is -0.849. The van der Waals surface area contributed by atoms with Gasteiger partial charge in [-0.3, -0.25) is 29.4 Å². The van der Waals surface area contributed by atoms with E-state index in [1.54, 1.807) is 18.2 Å². The first-order chi connectivity index (χ1) is 13.5. The number of nitrogens with zero attached hydrogens (tertiary/aromatic N) is 1. The summed E-state index contributed by atoms with van der Waals surface area (Å²) in [5.41, 5.74) is 7.39. The second-order valence-corrected chi connectivity index (χ2v) is 7.42. The maximum atomic E-state index is 12.8. The second-order valence-electron chi connectivity index (χ2n) is 7.42. The molecular formula is C19H22N4O5. The summed E-state index contributed by atoms with van der Waals surface area (Å²) in [4.78, 5) is 49.9. The zero-order valence-electron chi connectivity index (χ0n) is 15.3. The number of nitrogens with two attached hydrogens (primary N) is 1. The number of ether oxygens (including phenoxy) is 1. The van der Waals surface area contributed by atoms with Crippen molar-refractivity contribution in [3.8, 4) is 0 Å². The van der Waals surface area contributed by atoms with Crippen molar-refractivity contribution in [2.45, 2.75) is 31.5 Å². The van der Waals surface area contributed by atoms with Gasteiger partial charge in [0.2, 0.25) is 11.8 Å². The van der Waals surface area contributed by atoms with Gasteiger partial charge in [-0.15, -0.1) is 0 Å². The van der Waals surface area contributed by atoms with Crippen LogP contribution >= 0.6 is 0 Å². The highest BCUT2D eigenvalue weighted by Crippen LogP contribution is 2.28. The second kappa shape index (κ2) is 7.42. The van der Waals surface area contributed by atoms with E-state index in [0.29, 0.717) is 26.3 Å². The molecule has 0 aromatic heterocycles. The number of piperidine rings is 1. The van der Waals surface area contributed by atoms with Crippen LogP contribution in [0.2, 0.25) is 0 Å². The molecule has 0 radical (unpaired) electrons. The minimum atomic E-state index is -0.949. The molecule has 1 unspecified atom stereocenters. The van der Waals surface area contributed by atoms with Crippen LogP contribution in [0.1, 0.15) is 39.1 Å². The van der Waals surface area contributed by atoms with E-state index in [2.05, 4.69) is 10.6 Å². The molecule has 2 fully saturated rings. The van der Waals surface area contributed by atoms with Crippen molar-refractivity contribution in [3.05, 3.63) is 34.9 Å². The van der Waals surface area contributed by atoms with Crippen molar-refractivity contribution in [1.29, 1.82) is 0 Å². The van der Waals surface area contributed by atoms with Crippen molar-refractivity contribution < 1.29 is 23.9 Å². The number of benzene rings is 1. The molecule has 0 aliphatic carbocycles. The third kappa shape index (κ3) is 3.32. The average molecular weight is 386 g/mol. The van der Waals surface area contributed by atoms with Gasteiger partial charge < -0.3 is 15.8 Å². The van der Waals surface area contributed by atoms with Gasteiger partial charge in [-0.2, -0.15) is 0 Å². The smallest absolute Gasteiger partial charge is 0.262 e. The van der Waals surface area contributed by atoms with Crippen LogP contribution < -0.4 is 16.4 Å². The normalized spacial score (nSPS) is 27.3. The predicted molar refractivity (Wildman–Crippen MR) is 97.1 cm³/mol. The van der Waals surface area contributed by atoms with Gasteiger partial charge >= 0.3 is 0 Å². The Hall–Kier alpha value is -2.62. The van der Waals surface area contributed by atoms with Crippen molar-refractivity contribution in [1.82, 2.24) is 15.5 Å². The van der Waals surface area contributed by atoms with Gasteiger partial charge in [0.05, 0.1) is 24.3 Å². The van der Waals surface area contributed by atoms with E-state index in [9.17, 15) is 19.2 Å². The number of nitrogens with one attached hydrogen (secondary N) is 2. The first-order valence-electron chi connectivity index (χ1n) is 9.34. The summed E-state index contributed by atoms with van der Waals surface area (Å²) >= 11 is 0. The summed E-state index contributed by atoms with van der Waals surface area (Å²) in [5, 5.41) is 5.50. The molecule has 3 aliphatic rings. The minimum Gasteiger partial charge on any atom is -0.379 e. The fourth-order valence-corrected chi connectivity index (χ4v) is 3.86. The van der Waals surface area contributed by atoms with Crippen molar-refractivity contribution in [2.24, 2.45) is 11.7 Å². The third-order valence-corrected chi connectivity index (χ3v) is 5.49. The largest absolute Gasteiger partial charge is 0.379 e. The summed E-state index contributed by atoms with van der Waals surface area (Å²) in [7, 11) is 0. The topological polar surface area (TPSA) is 131 Å². The van der Waals surface area contributed by atoms with Crippen molar-refractivity contribution >= 4 is 23.6 Å². The summed E-state index contributed by atoms with van der Waals surface area (Å²) in [6.45, 7) is 2.42. The fraction of sp³-hybridized carbons (Fsp3) is 0.474. The van der Waals surface area contributed by atoms with Crippen LogP contribution in [0.5, 0.6) is 0 Å². The number of carbonyl (C=O) groups is 4. The van der Waals surface area contributed by atoms with Crippen LogP contribution in [0, 0.1) is 5.92 Å². The highest BCUT2D eigenvalue weighted by atomic mass is 16.5. The SMILES string of the molecule is N[C@@H]1COC[C@@H]1CNCc1ccc2c(c1)C(=O)N(C1CCC(=O)NC1=O)C2=O. The lowest BCUT2D eigenvalue weighted by Gasteiger charge is -2.27. The molecule has 2 saturated heterocycles. The average Bonchev–Trinajstić information content (AvgIpc) is 3.17. The Morgan fingerprint density at radius 3 is 2.64 bits per heavy atom. The lowest BCUT2D eigenvalue weighted by Crippen LogP contribution is -2.54. The highest BCUT2D eigenvalue weighted by molar-refractivity contribution is 6.23. The van der Waals surface area contributed by atoms with Gasteiger partial charge in [0.1, 0.15) is 6.04 Å². The lowest BCUT2D eigenvalue weighted by molar-refractivity contribution is -0.136. The van der Waals surface area contributed by atoms with E-state index < -0.39 is 29.7 Å². The van der Waals surface area contributed by atoms with Crippen LogP contribution in [0.3, 0.4) is 0 Å². The van der Waals surface area contributed by atoms with Crippen LogP contribution in [-0.2, 0) is 20.9 Å². The molecule has 0 spiro atoms. The maximum Gasteiger partial charge on any atom is 0.262 e. The summed E-state index contributed by atoms with van der Waals surface area (Å²) in [6, 6.07) is 4.16. The zero-order chi connectivity index (χ0) is 19.8. The molecule has 3 atom stereocenters. The van der Waals surface area contributed by atoms with Crippen LogP contribution in [0.15, 0.2) is 18.2 Å². The quantitative estimate of drug-likeness (QED) is 0.562. The maximum absolute atomic E-state index is 12.8.